The molecule has 0 saturated heterocycles. The number of carbonyl (C=O) groups excluding carboxylic acids is 1. The van der Waals surface area contributed by atoms with Gasteiger partial charge in [-0.2, -0.15) is 0 Å². The average Bonchev–Trinajstić information content (AvgIpc) is 2.85. The minimum atomic E-state index is -0.262. The zero-order valence-electron chi connectivity index (χ0n) is 13.6. The summed E-state index contributed by atoms with van der Waals surface area (Å²) in [5.41, 5.74) is 2.44. The monoisotopic (exact) mass is 308 g/mol. The average molecular weight is 308 g/mol. The maximum Gasteiger partial charge on any atom is 0.240 e. The van der Waals surface area contributed by atoms with Gasteiger partial charge in [-0.3, -0.25) is 9.78 Å². The Bertz CT molecular complexity index is 831. The number of benzene rings is 1. The predicted octanol–water partition coefficient (Wildman–Crippen LogP) is 3.01. The fourth-order valence-corrected chi connectivity index (χ4v) is 2.55. The van der Waals surface area contributed by atoms with Gasteiger partial charge < -0.3 is 9.88 Å². The van der Waals surface area contributed by atoms with E-state index in [0.717, 1.165) is 22.4 Å². The number of aromatic nitrogens is 3. The van der Waals surface area contributed by atoms with Gasteiger partial charge in [0.05, 0.1) is 11.0 Å². The third-order valence-corrected chi connectivity index (χ3v) is 3.39. The number of nitrogens with one attached hydrogen (secondary N) is 1. The van der Waals surface area contributed by atoms with Crippen molar-refractivity contribution in [1.82, 2.24) is 19.9 Å². The number of carbonyl (C=O) groups is 1. The number of fused-ring (bicyclic) bond motifs is 1. The van der Waals surface area contributed by atoms with E-state index >= 15 is 0 Å². The van der Waals surface area contributed by atoms with Crippen LogP contribution in [0.5, 0.6) is 0 Å². The van der Waals surface area contributed by atoms with Crippen LogP contribution in [0.1, 0.15) is 20.8 Å². The summed E-state index contributed by atoms with van der Waals surface area (Å²) in [6.45, 7) is 6.14. The first-order valence-electron chi connectivity index (χ1n) is 7.61. The Balaban J connectivity index is 2.05. The number of hydrogen-bond acceptors (Lipinski definition) is 3. The molecular weight excluding hydrogens is 288 g/mol. The highest BCUT2D eigenvalue weighted by atomic mass is 16.2. The molecule has 2 heterocycles. The standard InChI is InChI=1S/C18H20N4O/c1-18(2,3)21-16(23)12-22-15-9-5-4-8-14(15)20-17(22)13-7-6-10-19-11-13/h4-11H,12H2,1-3H3,(H,21,23). The van der Waals surface area contributed by atoms with E-state index in [2.05, 4.69) is 15.3 Å². The van der Waals surface area contributed by atoms with Gasteiger partial charge in [0.2, 0.25) is 5.91 Å². The van der Waals surface area contributed by atoms with Crippen molar-refractivity contribution >= 4 is 16.9 Å². The van der Waals surface area contributed by atoms with E-state index in [-0.39, 0.29) is 18.0 Å². The van der Waals surface area contributed by atoms with E-state index in [4.69, 9.17) is 0 Å². The van der Waals surface area contributed by atoms with Gasteiger partial charge in [0.15, 0.2) is 0 Å². The first kappa shape index (κ1) is 15.2. The van der Waals surface area contributed by atoms with Gasteiger partial charge in [-0.15, -0.1) is 0 Å². The lowest BCUT2D eigenvalue weighted by Crippen LogP contribution is -2.42. The Kier molecular flexibility index (Phi) is 3.86. The van der Waals surface area contributed by atoms with Crippen molar-refractivity contribution in [3.05, 3.63) is 48.8 Å². The summed E-state index contributed by atoms with van der Waals surface area (Å²) < 4.78 is 1.94. The van der Waals surface area contributed by atoms with Crippen molar-refractivity contribution in [2.45, 2.75) is 32.9 Å². The maximum atomic E-state index is 12.4. The molecule has 0 spiro atoms. The summed E-state index contributed by atoms with van der Waals surface area (Å²) in [6, 6.07) is 11.7. The van der Waals surface area contributed by atoms with E-state index in [1.54, 1.807) is 12.4 Å². The summed E-state index contributed by atoms with van der Waals surface area (Å²) in [5.74, 6) is 0.717. The van der Waals surface area contributed by atoms with Crippen molar-refractivity contribution in [2.24, 2.45) is 0 Å². The molecule has 1 aromatic carbocycles. The maximum absolute atomic E-state index is 12.4. The SMILES string of the molecule is CC(C)(C)NC(=O)Cn1c(-c2cccnc2)nc2ccccc21. The molecule has 0 aliphatic carbocycles. The Labute approximate surface area is 135 Å². The van der Waals surface area contributed by atoms with E-state index < -0.39 is 0 Å². The van der Waals surface area contributed by atoms with Crippen LogP contribution in [0, 0.1) is 0 Å². The molecule has 0 unspecified atom stereocenters. The molecule has 5 nitrogen and oxygen atoms in total. The van der Waals surface area contributed by atoms with Gasteiger partial charge in [0.1, 0.15) is 12.4 Å². The molecule has 3 aromatic rings. The minimum absolute atomic E-state index is 0.0363. The van der Waals surface area contributed by atoms with Crippen LogP contribution in [0.15, 0.2) is 48.8 Å². The molecular formula is C18H20N4O. The molecule has 3 rings (SSSR count). The van der Waals surface area contributed by atoms with Crippen molar-refractivity contribution in [2.75, 3.05) is 0 Å². The highest BCUT2D eigenvalue weighted by molar-refractivity contribution is 5.84. The molecule has 0 bridgehead atoms. The molecule has 1 N–H and O–H groups in total. The smallest absolute Gasteiger partial charge is 0.240 e. The third kappa shape index (κ3) is 3.39. The lowest BCUT2D eigenvalue weighted by atomic mass is 10.1. The van der Waals surface area contributed by atoms with Crippen LogP contribution in [0.2, 0.25) is 0 Å². The number of nitrogens with zero attached hydrogens (tertiary/aromatic N) is 3. The van der Waals surface area contributed by atoms with E-state index in [0.29, 0.717) is 0 Å². The number of imidazole rings is 1. The molecule has 0 fully saturated rings. The largest absolute Gasteiger partial charge is 0.350 e. The van der Waals surface area contributed by atoms with Crippen molar-refractivity contribution in [1.29, 1.82) is 0 Å². The summed E-state index contributed by atoms with van der Waals surface area (Å²) in [7, 11) is 0. The van der Waals surface area contributed by atoms with Crippen LogP contribution >= 0.6 is 0 Å². The highest BCUT2D eigenvalue weighted by Crippen LogP contribution is 2.24. The molecule has 1 amide bonds. The zero-order chi connectivity index (χ0) is 16.4. The number of pyridine rings is 1. The van der Waals surface area contributed by atoms with Crippen LogP contribution < -0.4 is 5.32 Å². The first-order valence-corrected chi connectivity index (χ1v) is 7.61. The molecule has 23 heavy (non-hydrogen) atoms. The van der Waals surface area contributed by atoms with E-state index in [1.165, 1.54) is 0 Å². The Morgan fingerprint density at radius 1 is 1.17 bits per heavy atom. The van der Waals surface area contributed by atoms with Gasteiger partial charge in [0.25, 0.3) is 0 Å². The quantitative estimate of drug-likeness (QED) is 0.809. The second-order valence-electron chi connectivity index (χ2n) is 6.55. The van der Waals surface area contributed by atoms with Crippen LogP contribution in [0.4, 0.5) is 0 Å². The second-order valence-corrected chi connectivity index (χ2v) is 6.55. The van der Waals surface area contributed by atoms with Crippen molar-refractivity contribution < 1.29 is 4.79 Å². The first-order chi connectivity index (χ1) is 10.9. The zero-order valence-corrected chi connectivity index (χ0v) is 13.6. The third-order valence-electron chi connectivity index (χ3n) is 3.39. The summed E-state index contributed by atoms with van der Waals surface area (Å²) in [6.07, 6.45) is 3.49. The van der Waals surface area contributed by atoms with Crippen LogP contribution in [-0.2, 0) is 11.3 Å². The van der Waals surface area contributed by atoms with Gasteiger partial charge in [-0.05, 0) is 45.0 Å². The minimum Gasteiger partial charge on any atom is -0.350 e. The molecule has 0 aliphatic heterocycles. The second kappa shape index (κ2) is 5.83. The van der Waals surface area contributed by atoms with Crippen LogP contribution in [0.3, 0.4) is 0 Å². The van der Waals surface area contributed by atoms with E-state index in [9.17, 15) is 4.79 Å². The number of rotatable bonds is 3. The lowest BCUT2D eigenvalue weighted by molar-refractivity contribution is -0.123. The topological polar surface area (TPSA) is 59.8 Å². The molecule has 0 aliphatic rings. The predicted molar refractivity (Wildman–Crippen MR) is 90.9 cm³/mol. The summed E-state index contributed by atoms with van der Waals surface area (Å²) in [4.78, 5) is 21.2. The van der Waals surface area contributed by atoms with Gasteiger partial charge in [-0.25, -0.2) is 4.98 Å². The molecule has 0 saturated carbocycles. The fraction of sp³-hybridized carbons (Fsp3) is 0.278. The molecule has 2 aromatic heterocycles. The molecule has 5 heteroatoms. The van der Waals surface area contributed by atoms with Gasteiger partial charge in [-0.1, -0.05) is 12.1 Å². The fourth-order valence-electron chi connectivity index (χ4n) is 2.55. The lowest BCUT2D eigenvalue weighted by Gasteiger charge is -2.21. The molecule has 0 atom stereocenters. The molecule has 118 valence electrons. The number of para-hydroxylation sites is 2. The normalized spacial score (nSPS) is 11.6. The Morgan fingerprint density at radius 2 is 1.96 bits per heavy atom. The summed E-state index contributed by atoms with van der Waals surface area (Å²) >= 11 is 0. The summed E-state index contributed by atoms with van der Waals surface area (Å²) in [5, 5.41) is 3.00. The molecule has 0 radical (unpaired) electrons. The van der Waals surface area contributed by atoms with Crippen LogP contribution in [-0.4, -0.2) is 26.0 Å². The van der Waals surface area contributed by atoms with Crippen molar-refractivity contribution in [3.8, 4) is 11.4 Å². The van der Waals surface area contributed by atoms with Gasteiger partial charge >= 0.3 is 0 Å². The number of amides is 1. The Morgan fingerprint density at radius 3 is 2.65 bits per heavy atom. The van der Waals surface area contributed by atoms with Crippen LogP contribution in [0.25, 0.3) is 22.4 Å². The number of hydrogen-bond donors (Lipinski definition) is 1. The Hall–Kier alpha value is -2.69. The van der Waals surface area contributed by atoms with E-state index in [1.807, 2.05) is 61.7 Å². The van der Waals surface area contributed by atoms with Crippen molar-refractivity contribution in [3.63, 3.8) is 0 Å². The van der Waals surface area contributed by atoms with Gasteiger partial charge in [0, 0.05) is 23.5 Å². The highest BCUT2D eigenvalue weighted by Gasteiger charge is 2.18.